The Bertz CT molecular complexity index is 512. The van der Waals surface area contributed by atoms with Crippen molar-refractivity contribution in [1.82, 2.24) is 19.7 Å². The number of nitrogens with zero attached hydrogens (tertiary/aromatic N) is 3. The number of hydrogen-bond acceptors (Lipinski definition) is 3. The molecule has 0 saturated heterocycles. The summed E-state index contributed by atoms with van der Waals surface area (Å²) in [6.07, 6.45) is 4.84. The SMILES string of the molecule is CC(C)Cn1[nH]c(-c2cnccn2)cc1=O. The van der Waals surface area contributed by atoms with Gasteiger partial charge < -0.3 is 0 Å². The van der Waals surface area contributed by atoms with Crippen LogP contribution in [0.1, 0.15) is 13.8 Å². The van der Waals surface area contributed by atoms with Gasteiger partial charge >= 0.3 is 0 Å². The summed E-state index contributed by atoms with van der Waals surface area (Å²) in [6, 6.07) is 1.55. The Morgan fingerprint density at radius 3 is 2.88 bits per heavy atom. The molecule has 0 atom stereocenters. The van der Waals surface area contributed by atoms with Gasteiger partial charge in [0, 0.05) is 25.0 Å². The lowest BCUT2D eigenvalue weighted by atomic mass is 10.2. The number of H-pyrrole nitrogens is 1. The van der Waals surface area contributed by atoms with E-state index in [2.05, 4.69) is 28.9 Å². The van der Waals surface area contributed by atoms with Gasteiger partial charge in [0.15, 0.2) is 0 Å². The summed E-state index contributed by atoms with van der Waals surface area (Å²) in [4.78, 5) is 19.7. The van der Waals surface area contributed by atoms with Crippen molar-refractivity contribution in [2.75, 3.05) is 0 Å². The first kappa shape index (κ1) is 10.6. The van der Waals surface area contributed by atoms with E-state index in [4.69, 9.17) is 0 Å². The molecule has 1 N–H and O–H groups in total. The van der Waals surface area contributed by atoms with Gasteiger partial charge in [0.2, 0.25) is 0 Å². The first-order chi connectivity index (χ1) is 7.66. The zero-order valence-corrected chi connectivity index (χ0v) is 9.34. The maximum atomic E-state index is 11.6. The van der Waals surface area contributed by atoms with E-state index < -0.39 is 0 Å². The molecular formula is C11H14N4O. The molecule has 0 spiro atoms. The maximum absolute atomic E-state index is 11.6. The Labute approximate surface area is 93.2 Å². The van der Waals surface area contributed by atoms with Gasteiger partial charge in [-0.25, -0.2) is 0 Å². The molecule has 5 heteroatoms. The Morgan fingerprint density at radius 1 is 1.44 bits per heavy atom. The van der Waals surface area contributed by atoms with Crippen molar-refractivity contribution < 1.29 is 0 Å². The number of hydrogen-bond donors (Lipinski definition) is 1. The van der Waals surface area contributed by atoms with Crippen LogP contribution in [0.25, 0.3) is 11.4 Å². The Morgan fingerprint density at radius 2 is 2.25 bits per heavy atom. The molecule has 0 saturated carbocycles. The van der Waals surface area contributed by atoms with E-state index in [1.807, 2.05) is 0 Å². The van der Waals surface area contributed by atoms with Crippen LogP contribution in [0.2, 0.25) is 0 Å². The number of rotatable bonds is 3. The minimum absolute atomic E-state index is 0.0330. The lowest BCUT2D eigenvalue weighted by Gasteiger charge is -2.04. The molecule has 0 aliphatic carbocycles. The lowest BCUT2D eigenvalue weighted by Crippen LogP contribution is -2.18. The summed E-state index contributed by atoms with van der Waals surface area (Å²) in [5.74, 6) is 0.422. The fourth-order valence-electron chi connectivity index (χ4n) is 1.50. The minimum atomic E-state index is -0.0330. The maximum Gasteiger partial charge on any atom is 0.267 e. The first-order valence-electron chi connectivity index (χ1n) is 5.23. The van der Waals surface area contributed by atoms with E-state index in [0.29, 0.717) is 23.9 Å². The molecule has 0 amide bonds. The van der Waals surface area contributed by atoms with Crippen molar-refractivity contribution in [2.24, 2.45) is 5.92 Å². The molecule has 2 aromatic heterocycles. The molecule has 16 heavy (non-hydrogen) atoms. The topological polar surface area (TPSA) is 63.6 Å². The van der Waals surface area contributed by atoms with Gasteiger partial charge in [-0.3, -0.25) is 24.5 Å². The van der Waals surface area contributed by atoms with Crippen molar-refractivity contribution >= 4 is 0 Å². The van der Waals surface area contributed by atoms with Crippen LogP contribution < -0.4 is 5.56 Å². The third kappa shape index (κ3) is 2.18. The second-order valence-corrected chi connectivity index (χ2v) is 4.10. The smallest absolute Gasteiger partial charge is 0.267 e. The largest absolute Gasteiger partial charge is 0.293 e. The zero-order valence-electron chi connectivity index (χ0n) is 9.34. The van der Waals surface area contributed by atoms with E-state index >= 15 is 0 Å². The molecule has 0 aliphatic heterocycles. The average Bonchev–Trinajstić information content (AvgIpc) is 2.61. The predicted molar refractivity (Wildman–Crippen MR) is 60.9 cm³/mol. The standard InChI is InChI=1S/C11H14N4O/c1-8(2)7-15-11(16)5-9(14-15)10-6-12-3-4-13-10/h3-6,8,14H,7H2,1-2H3. The lowest BCUT2D eigenvalue weighted by molar-refractivity contribution is 0.474. The minimum Gasteiger partial charge on any atom is -0.293 e. The van der Waals surface area contributed by atoms with Gasteiger partial charge in [-0.05, 0) is 5.92 Å². The van der Waals surface area contributed by atoms with Gasteiger partial charge in [-0.1, -0.05) is 13.8 Å². The number of aromatic nitrogens is 4. The quantitative estimate of drug-likeness (QED) is 0.844. The molecular weight excluding hydrogens is 204 g/mol. The molecule has 84 valence electrons. The zero-order chi connectivity index (χ0) is 11.5. The highest BCUT2D eigenvalue weighted by Crippen LogP contribution is 2.09. The van der Waals surface area contributed by atoms with Crippen LogP contribution >= 0.6 is 0 Å². The normalized spacial score (nSPS) is 10.9. The van der Waals surface area contributed by atoms with Crippen molar-refractivity contribution in [2.45, 2.75) is 20.4 Å². The molecule has 0 fully saturated rings. The number of aromatic amines is 1. The van der Waals surface area contributed by atoms with Gasteiger partial charge in [-0.2, -0.15) is 0 Å². The number of nitrogens with one attached hydrogen (secondary N) is 1. The van der Waals surface area contributed by atoms with E-state index in [9.17, 15) is 4.79 Å². The molecule has 2 heterocycles. The fraction of sp³-hybridized carbons (Fsp3) is 0.364. The van der Waals surface area contributed by atoms with Crippen molar-refractivity contribution in [1.29, 1.82) is 0 Å². The van der Waals surface area contributed by atoms with E-state index in [-0.39, 0.29) is 5.56 Å². The summed E-state index contributed by atoms with van der Waals surface area (Å²) in [6.45, 7) is 4.81. The average molecular weight is 218 g/mol. The third-order valence-electron chi connectivity index (χ3n) is 2.18. The van der Waals surface area contributed by atoms with Gasteiger partial charge in [0.25, 0.3) is 5.56 Å². The summed E-state index contributed by atoms with van der Waals surface area (Å²) in [5, 5.41) is 3.03. The van der Waals surface area contributed by atoms with Gasteiger partial charge in [0.1, 0.15) is 5.69 Å². The summed E-state index contributed by atoms with van der Waals surface area (Å²) >= 11 is 0. The molecule has 2 aromatic rings. The molecule has 2 rings (SSSR count). The Hall–Kier alpha value is -1.91. The molecule has 0 bridgehead atoms. The molecule has 5 nitrogen and oxygen atoms in total. The highest BCUT2D eigenvalue weighted by Gasteiger charge is 2.07. The van der Waals surface area contributed by atoms with Crippen molar-refractivity contribution in [3.05, 3.63) is 35.0 Å². The summed E-state index contributed by atoms with van der Waals surface area (Å²) < 4.78 is 1.59. The van der Waals surface area contributed by atoms with Crippen molar-refractivity contribution in [3.8, 4) is 11.4 Å². The highest BCUT2D eigenvalue weighted by molar-refractivity contribution is 5.51. The molecule has 0 aromatic carbocycles. The van der Waals surface area contributed by atoms with Crippen molar-refractivity contribution in [3.63, 3.8) is 0 Å². The van der Waals surface area contributed by atoms with Crippen LogP contribution in [-0.4, -0.2) is 19.7 Å². The van der Waals surface area contributed by atoms with Crippen LogP contribution in [0.15, 0.2) is 29.5 Å². The summed E-state index contributed by atoms with van der Waals surface area (Å²) in [5.41, 5.74) is 1.36. The highest BCUT2D eigenvalue weighted by atomic mass is 16.1. The van der Waals surface area contributed by atoms with Gasteiger partial charge in [-0.15, -0.1) is 0 Å². The second kappa shape index (κ2) is 4.30. The second-order valence-electron chi connectivity index (χ2n) is 4.10. The monoisotopic (exact) mass is 218 g/mol. The predicted octanol–water partition coefficient (Wildman–Crippen LogP) is 1.29. The molecule has 0 radical (unpaired) electrons. The van der Waals surface area contributed by atoms with Crippen LogP contribution in [0, 0.1) is 5.92 Å². The fourth-order valence-corrected chi connectivity index (χ4v) is 1.50. The van der Waals surface area contributed by atoms with E-state index in [1.54, 1.807) is 29.3 Å². The Balaban J connectivity index is 2.35. The summed E-state index contributed by atoms with van der Waals surface area (Å²) in [7, 11) is 0. The van der Waals surface area contributed by atoms with Gasteiger partial charge in [0.05, 0.1) is 11.9 Å². The third-order valence-corrected chi connectivity index (χ3v) is 2.18. The van der Waals surface area contributed by atoms with Crippen LogP contribution in [-0.2, 0) is 6.54 Å². The first-order valence-corrected chi connectivity index (χ1v) is 5.23. The molecule has 0 unspecified atom stereocenters. The van der Waals surface area contributed by atoms with Crippen LogP contribution in [0.5, 0.6) is 0 Å². The van der Waals surface area contributed by atoms with Crippen LogP contribution in [0.4, 0.5) is 0 Å². The Kier molecular flexibility index (Phi) is 2.85. The van der Waals surface area contributed by atoms with E-state index in [1.165, 1.54) is 0 Å². The molecule has 0 aliphatic rings. The van der Waals surface area contributed by atoms with E-state index in [0.717, 1.165) is 0 Å². The van der Waals surface area contributed by atoms with Crippen LogP contribution in [0.3, 0.4) is 0 Å².